The minimum Gasteiger partial charge on any atom is -0.253 e. The van der Waals surface area contributed by atoms with E-state index < -0.39 is 5.37 Å². The highest BCUT2D eigenvalue weighted by molar-refractivity contribution is 6.62. The van der Waals surface area contributed by atoms with Gasteiger partial charge in [0, 0.05) is 11.6 Å². The summed E-state index contributed by atoms with van der Waals surface area (Å²) in [5.41, 5.74) is 1.42. The van der Waals surface area contributed by atoms with Crippen LogP contribution in [0.3, 0.4) is 0 Å². The van der Waals surface area contributed by atoms with Crippen molar-refractivity contribution in [3.8, 4) is 0 Å². The summed E-state index contributed by atoms with van der Waals surface area (Å²) in [6.07, 6.45) is 2.75. The van der Waals surface area contributed by atoms with Gasteiger partial charge in [0.25, 0.3) is 0 Å². The van der Waals surface area contributed by atoms with Gasteiger partial charge in [-0.1, -0.05) is 31.5 Å². The first kappa shape index (κ1) is 14.0. The Hall–Kier alpha value is -1.42. The molecule has 0 saturated carbocycles. The van der Waals surface area contributed by atoms with E-state index >= 15 is 0 Å². The molecule has 2 rings (SSSR count). The number of hydrogen-bond acceptors (Lipinski definition) is 2. The SMILES string of the molecule is CCCCC1=NN(C(=O)Cl)CC1c1ccccc1F. The molecule has 1 amide bonds. The quantitative estimate of drug-likeness (QED) is 0.604. The number of carbonyl (C=O) groups excluding carboxylic acids is 1. The second kappa shape index (κ2) is 6.15. The largest absolute Gasteiger partial charge is 0.336 e. The second-order valence-electron chi connectivity index (χ2n) is 4.60. The third-order valence-electron chi connectivity index (χ3n) is 3.28. The fourth-order valence-electron chi connectivity index (χ4n) is 2.27. The maximum atomic E-state index is 13.9. The summed E-state index contributed by atoms with van der Waals surface area (Å²) in [5.74, 6) is -0.448. The number of unbranched alkanes of at least 4 members (excludes halogenated alkanes) is 1. The minimum atomic E-state index is -0.618. The van der Waals surface area contributed by atoms with Crippen LogP contribution in [0.15, 0.2) is 29.4 Å². The molecule has 19 heavy (non-hydrogen) atoms. The molecule has 102 valence electrons. The van der Waals surface area contributed by atoms with E-state index in [1.807, 2.05) is 0 Å². The Labute approximate surface area is 117 Å². The highest BCUT2D eigenvalue weighted by Crippen LogP contribution is 2.29. The average Bonchev–Trinajstić information content (AvgIpc) is 2.81. The predicted molar refractivity (Wildman–Crippen MR) is 74.1 cm³/mol. The van der Waals surface area contributed by atoms with Gasteiger partial charge in [0.15, 0.2) is 0 Å². The Morgan fingerprint density at radius 3 is 2.89 bits per heavy atom. The summed E-state index contributed by atoms with van der Waals surface area (Å²) in [7, 11) is 0. The van der Waals surface area contributed by atoms with Crippen molar-refractivity contribution in [2.24, 2.45) is 5.10 Å². The lowest BCUT2D eigenvalue weighted by molar-refractivity contribution is 0.227. The van der Waals surface area contributed by atoms with Gasteiger partial charge in [-0.25, -0.2) is 9.40 Å². The number of carbonyl (C=O) groups is 1. The molecule has 1 aromatic carbocycles. The van der Waals surface area contributed by atoms with Crippen LogP contribution in [0.2, 0.25) is 0 Å². The van der Waals surface area contributed by atoms with Crippen molar-refractivity contribution in [3.63, 3.8) is 0 Å². The summed E-state index contributed by atoms with van der Waals surface area (Å²) >= 11 is 5.46. The molecule has 1 unspecified atom stereocenters. The van der Waals surface area contributed by atoms with Gasteiger partial charge in [-0.15, -0.1) is 0 Å². The van der Waals surface area contributed by atoms with Crippen LogP contribution < -0.4 is 0 Å². The molecule has 3 nitrogen and oxygen atoms in total. The zero-order valence-corrected chi connectivity index (χ0v) is 11.5. The Kier molecular flexibility index (Phi) is 4.53. The number of benzene rings is 1. The van der Waals surface area contributed by atoms with Gasteiger partial charge in [-0.3, -0.25) is 4.79 Å². The van der Waals surface area contributed by atoms with Crippen LogP contribution in [0.25, 0.3) is 0 Å². The number of hydrazone groups is 1. The molecule has 0 fully saturated rings. The lowest BCUT2D eigenvalue weighted by Gasteiger charge is -2.14. The maximum absolute atomic E-state index is 13.9. The topological polar surface area (TPSA) is 32.7 Å². The van der Waals surface area contributed by atoms with Crippen LogP contribution in [0, 0.1) is 5.82 Å². The third-order valence-corrected chi connectivity index (χ3v) is 3.47. The summed E-state index contributed by atoms with van der Waals surface area (Å²) < 4.78 is 13.9. The average molecular weight is 283 g/mol. The Balaban J connectivity index is 2.26. The number of nitrogens with zero attached hydrogens (tertiary/aromatic N) is 2. The molecule has 0 aromatic heterocycles. The molecule has 5 heteroatoms. The molecule has 0 bridgehead atoms. The lowest BCUT2D eigenvalue weighted by atomic mass is 9.91. The van der Waals surface area contributed by atoms with Gasteiger partial charge in [-0.2, -0.15) is 5.10 Å². The lowest BCUT2D eigenvalue weighted by Crippen LogP contribution is -2.21. The van der Waals surface area contributed by atoms with Gasteiger partial charge in [0.1, 0.15) is 5.82 Å². The molecule has 0 N–H and O–H groups in total. The molecule has 0 spiro atoms. The molecular formula is C14H16ClFN2O. The van der Waals surface area contributed by atoms with Crippen LogP contribution in [0.5, 0.6) is 0 Å². The first-order chi connectivity index (χ1) is 9.13. The van der Waals surface area contributed by atoms with E-state index in [4.69, 9.17) is 11.6 Å². The predicted octanol–water partition coefficient (Wildman–Crippen LogP) is 4.13. The van der Waals surface area contributed by atoms with Crippen LogP contribution in [-0.4, -0.2) is 22.6 Å². The summed E-state index contributed by atoms with van der Waals surface area (Å²) in [4.78, 5) is 11.2. The zero-order valence-electron chi connectivity index (χ0n) is 10.8. The molecule has 1 heterocycles. The Morgan fingerprint density at radius 2 is 2.26 bits per heavy atom. The maximum Gasteiger partial charge on any atom is 0.336 e. The smallest absolute Gasteiger partial charge is 0.253 e. The van der Waals surface area contributed by atoms with Crippen LogP contribution in [0.4, 0.5) is 9.18 Å². The van der Waals surface area contributed by atoms with Crippen molar-refractivity contribution in [1.82, 2.24) is 5.01 Å². The van der Waals surface area contributed by atoms with Crippen LogP contribution in [0.1, 0.15) is 37.7 Å². The summed E-state index contributed by atoms with van der Waals surface area (Å²) in [6, 6.07) is 6.61. The number of amides is 1. The summed E-state index contributed by atoms with van der Waals surface area (Å²) in [6.45, 7) is 2.40. The minimum absolute atomic E-state index is 0.185. The van der Waals surface area contributed by atoms with Crippen molar-refractivity contribution >= 4 is 22.7 Å². The van der Waals surface area contributed by atoms with E-state index in [0.717, 1.165) is 25.0 Å². The number of hydrogen-bond donors (Lipinski definition) is 0. The van der Waals surface area contributed by atoms with Crippen LogP contribution >= 0.6 is 11.6 Å². The van der Waals surface area contributed by atoms with Gasteiger partial charge in [0.05, 0.1) is 6.54 Å². The molecule has 1 atom stereocenters. The van der Waals surface area contributed by atoms with E-state index in [1.165, 1.54) is 11.1 Å². The highest BCUT2D eigenvalue weighted by Gasteiger charge is 2.31. The van der Waals surface area contributed by atoms with Gasteiger partial charge >= 0.3 is 5.37 Å². The monoisotopic (exact) mass is 282 g/mol. The fourth-order valence-corrected chi connectivity index (χ4v) is 2.38. The van der Waals surface area contributed by atoms with Crippen molar-refractivity contribution in [2.75, 3.05) is 6.54 Å². The molecular weight excluding hydrogens is 267 g/mol. The summed E-state index contributed by atoms with van der Waals surface area (Å²) in [5, 5.41) is 4.82. The van der Waals surface area contributed by atoms with Gasteiger partial charge in [-0.05, 0) is 36.1 Å². The van der Waals surface area contributed by atoms with E-state index in [0.29, 0.717) is 12.1 Å². The van der Waals surface area contributed by atoms with E-state index in [1.54, 1.807) is 18.2 Å². The Bertz CT molecular complexity index is 504. The standard InChI is InChI=1S/C14H16ClFN2O/c1-2-3-8-13-11(9-18(17-13)14(15)19)10-6-4-5-7-12(10)16/h4-7,11H,2-3,8-9H2,1H3. The normalized spacial score (nSPS) is 18.6. The van der Waals surface area contributed by atoms with E-state index in [-0.39, 0.29) is 11.7 Å². The third kappa shape index (κ3) is 3.13. The number of rotatable bonds is 4. The van der Waals surface area contributed by atoms with Crippen molar-refractivity contribution < 1.29 is 9.18 Å². The molecule has 1 aliphatic heterocycles. The van der Waals surface area contributed by atoms with Gasteiger partial charge in [0.2, 0.25) is 0 Å². The Morgan fingerprint density at radius 1 is 1.53 bits per heavy atom. The van der Waals surface area contributed by atoms with Crippen molar-refractivity contribution in [3.05, 3.63) is 35.6 Å². The highest BCUT2D eigenvalue weighted by atomic mass is 35.5. The van der Waals surface area contributed by atoms with Crippen LogP contribution in [-0.2, 0) is 0 Å². The number of halogens is 2. The van der Waals surface area contributed by atoms with Crippen molar-refractivity contribution in [2.45, 2.75) is 32.1 Å². The molecule has 1 aromatic rings. The van der Waals surface area contributed by atoms with E-state index in [2.05, 4.69) is 12.0 Å². The van der Waals surface area contributed by atoms with Gasteiger partial charge < -0.3 is 0 Å². The molecule has 0 saturated heterocycles. The molecule has 1 aliphatic rings. The molecule has 0 radical (unpaired) electrons. The second-order valence-corrected chi connectivity index (χ2v) is 4.93. The zero-order chi connectivity index (χ0) is 13.8. The van der Waals surface area contributed by atoms with E-state index in [9.17, 15) is 9.18 Å². The fraction of sp³-hybridized carbons (Fsp3) is 0.429. The first-order valence-corrected chi connectivity index (χ1v) is 6.80. The molecule has 0 aliphatic carbocycles. The van der Waals surface area contributed by atoms with Crippen molar-refractivity contribution in [1.29, 1.82) is 0 Å². The first-order valence-electron chi connectivity index (χ1n) is 6.42.